The number of nitrogens with one attached hydrogen (secondary N) is 1. The molecule has 1 aromatic carbocycles. The molecule has 0 aliphatic rings. The van der Waals surface area contributed by atoms with E-state index in [9.17, 15) is 4.79 Å². The van der Waals surface area contributed by atoms with Gasteiger partial charge >= 0.3 is 0 Å². The van der Waals surface area contributed by atoms with Gasteiger partial charge in [0.15, 0.2) is 0 Å². The summed E-state index contributed by atoms with van der Waals surface area (Å²) in [4.78, 5) is 15.3. The number of thiazole rings is 1. The number of hydrogen-bond acceptors (Lipinski definition) is 5. The van der Waals surface area contributed by atoms with Crippen LogP contribution in [0.2, 0.25) is 0 Å². The molecular formula is C13H15N3O2S. The summed E-state index contributed by atoms with van der Waals surface area (Å²) < 4.78 is 5.44. The first-order valence-electron chi connectivity index (χ1n) is 5.84. The van der Waals surface area contributed by atoms with Crippen molar-refractivity contribution >= 4 is 17.2 Å². The number of hydrazine groups is 1. The Labute approximate surface area is 115 Å². The number of rotatable bonds is 5. The molecule has 6 heteroatoms. The van der Waals surface area contributed by atoms with Gasteiger partial charge in [0.1, 0.15) is 10.8 Å². The molecule has 0 saturated carbocycles. The van der Waals surface area contributed by atoms with Crippen LogP contribution in [0.5, 0.6) is 5.75 Å². The standard InChI is InChI=1S/C13H15N3O2S/c1-9-8-19-13(15-9)10-2-4-11(5-3-10)18-7-6-12(17)16-14/h2-5,8H,6-7,14H2,1H3,(H,16,17). The van der Waals surface area contributed by atoms with Crippen LogP contribution in [0, 0.1) is 6.92 Å². The third-order valence-electron chi connectivity index (χ3n) is 2.48. The molecule has 0 radical (unpaired) electrons. The maximum atomic E-state index is 10.9. The Kier molecular flexibility index (Phi) is 4.48. The lowest BCUT2D eigenvalue weighted by Crippen LogP contribution is -2.31. The maximum Gasteiger partial charge on any atom is 0.237 e. The van der Waals surface area contributed by atoms with Gasteiger partial charge in [-0.2, -0.15) is 0 Å². The lowest BCUT2D eigenvalue weighted by Gasteiger charge is -2.05. The van der Waals surface area contributed by atoms with Crippen molar-refractivity contribution in [3.8, 4) is 16.3 Å². The Balaban J connectivity index is 1.93. The van der Waals surface area contributed by atoms with Crippen molar-refractivity contribution in [2.24, 2.45) is 5.84 Å². The molecule has 19 heavy (non-hydrogen) atoms. The number of ether oxygens (including phenoxy) is 1. The first kappa shape index (κ1) is 13.5. The third kappa shape index (κ3) is 3.77. The van der Waals surface area contributed by atoms with Gasteiger partial charge in [-0.3, -0.25) is 10.2 Å². The summed E-state index contributed by atoms with van der Waals surface area (Å²) in [5.41, 5.74) is 4.14. The number of aromatic nitrogens is 1. The Morgan fingerprint density at radius 1 is 1.42 bits per heavy atom. The highest BCUT2D eigenvalue weighted by molar-refractivity contribution is 7.13. The van der Waals surface area contributed by atoms with E-state index in [0.29, 0.717) is 6.61 Å². The van der Waals surface area contributed by atoms with Gasteiger partial charge in [0.2, 0.25) is 5.91 Å². The molecule has 5 nitrogen and oxygen atoms in total. The molecule has 0 aliphatic carbocycles. The fourth-order valence-electron chi connectivity index (χ4n) is 1.51. The number of nitrogens with two attached hydrogens (primary N) is 1. The average Bonchev–Trinajstić information content (AvgIpc) is 2.86. The number of carbonyl (C=O) groups is 1. The van der Waals surface area contributed by atoms with E-state index >= 15 is 0 Å². The minimum atomic E-state index is -0.241. The minimum Gasteiger partial charge on any atom is -0.493 e. The van der Waals surface area contributed by atoms with Crippen LogP contribution in [-0.2, 0) is 4.79 Å². The van der Waals surface area contributed by atoms with Crippen molar-refractivity contribution in [1.82, 2.24) is 10.4 Å². The van der Waals surface area contributed by atoms with Gasteiger partial charge in [-0.1, -0.05) is 0 Å². The summed E-state index contributed by atoms with van der Waals surface area (Å²) in [6.07, 6.45) is 0.240. The molecule has 0 unspecified atom stereocenters. The Bertz CT molecular complexity index is 551. The van der Waals surface area contributed by atoms with E-state index in [1.807, 2.05) is 36.6 Å². The van der Waals surface area contributed by atoms with E-state index in [2.05, 4.69) is 10.4 Å². The van der Waals surface area contributed by atoms with Gasteiger partial charge in [0.25, 0.3) is 0 Å². The molecule has 0 bridgehead atoms. The molecule has 100 valence electrons. The largest absolute Gasteiger partial charge is 0.493 e. The Hall–Kier alpha value is -1.92. The number of hydrogen-bond donors (Lipinski definition) is 2. The van der Waals surface area contributed by atoms with Crippen molar-refractivity contribution in [3.05, 3.63) is 35.3 Å². The van der Waals surface area contributed by atoms with Crippen molar-refractivity contribution in [3.63, 3.8) is 0 Å². The fraction of sp³-hybridized carbons (Fsp3) is 0.231. The molecule has 0 aliphatic heterocycles. The monoisotopic (exact) mass is 277 g/mol. The van der Waals surface area contributed by atoms with Crippen molar-refractivity contribution in [2.45, 2.75) is 13.3 Å². The van der Waals surface area contributed by atoms with Crippen LogP contribution in [0.1, 0.15) is 12.1 Å². The lowest BCUT2D eigenvalue weighted by atomic mass is 10.2. The molecular weight excluding hydrogens is 262 g/mol. The Morgan fingerprint density at radius 2 is 2.16 bits per heavy atom. The highest BCUT2D eigenvalue weighted by atomic mass is 32.1. The zero-order valence-electron chi connectivity index (χ0n) is 10.6. The second-order valence-corrected chi connectivity index (χ2v) is 4.84. The van der Waals surface area contributed by atoms with Crippen LogP contribution in [0.4, 0.5) is 0 Å². The molecule has 0 fully saturated rings. The summed E-state index contributed by atoms with van der Waals surface area (Å²) in [6.45, 7) is 2.28. The molecule has 0 spiro atoms. The van der Waals surface area contributed by atoms with Crippen LogP contribution in [-0.4, -0.2) is 17.5 Å². The molecule has 0 atom stereocenters. The van der Waals surface area contributed by atoms with Crippen molar-refractivity contribution < 1.29 is 9.53 Å². The Morgan fingerprint density at radius 3 is 2.74 bits per heavy atom. The van der Waals surface area contributed by atoms with E-state index in [0.717, 1.165) is 22.0 Å². The number of benzene rings is 1. The summed E-state index contributed by atoms with van der Waals surface area (Å²) in [6, 6.07) is 7.64. The average molecular weight is 277 g/mol. The third-order valence-corrected chi connectivity index (χ3v) is 3.49. The molecule has 1 amide bonds. The van der Waals surface area contributed by atoms with E-state index in [1.165, 1.54) is 0 Å². The number of aryl methyl sites for hydroxylation is 1. The van der Waals surface area contributed by atoms with Gasteiger partial charge in [0, 0.05) is 16.6 Å². The van der Waals surface area contributed by atoms with Crippen LogP contribution in [0.15, 0.2) is 29.6 Å². The summed E-state index contributed by atoms with van der Waals surface area (Å²) in [7, 11) is 0. The van der Waals surface area contributed by atoms with E-state index < -0.39 is 0 Å². The molecule has 0 saturated heterocycles. The minimum absolute atomic E-state index is 0.240. The topological polar surface area (TPSA) is 77.2 Å². The fourth-order valence-corrected chi connectivity index (χ4v) is 2.32. The molecule has 3 N–H and O–H groups in total. The van der Waals surface area contributed by atoms with Crippen molar-refractivity contribution in [1.29, 1.82) is 0 Å². The summed E-state index contributed by atoms with van der Waals surface area (Å²) in [5, 5.41) is 3.01. The van der Waals surface area contributed by atoms with E-state index in [-0.39, 0.29) is 12.3 Å². The summed E-state index contributed by atoms with van der Waals surface area (Å²) in [5.74, 6) is 5.46. The van der Waals surface area contributed by atoms with Crippen LogP contribution >= 0.6 is 11.3 Å². The lowest BCUT2D eigenvalue weighted by molar-refractivity contribution is -0.121. The van der Waals surface area contributed by atoms with Crippen LogP contribution in [0.3, 0.4) is 0 Å². The van der Waals surface area contributed by atoms with E-state index in [1.54, 1.807) is 11.3 Å². The van der Waals surface area contributed by atoms with Crippen molar-refractivity contribution in [2.75, 3.05) is 6.61 Å². The highest BCUT2D eigenvalue weighted by Gasteiger charge is 2.03. The van der Waals surface area contributed by atoms with Gasteiger partial charge < -0.3 is 4.74 Å². The highest BCUT2D eigenvalue weighted by Crippen LogP contribution is 2.25. The zero-order chi connectivity index (χ0) is 13.7. The second-order valence-electron chi connectivity index (χ2n) is 3.98. The van der Waals surface area contributed by atoms with Gasteiger partial charge in [-0.15, -0.1) is 11.3 Å². The molecule has 2 aromatic rings. The predicted molar refractivity (Wildman–Crippen MR) is 74.7 cm³/mol. The van der Waals surface area contributed by atoms with Crippen LogP contribution in [0.25, 0.3) is 10.6 Å². The summed E-state index contributed by atoms with van der Waals surface area (Å²) >= 11 is 1.61. The normalized spacial score (nSPS) is 10.2. The number of nitrogens with zero attached hydrogens (tertiary/aromatic N) is 1. The van der Waals surface area contributed by atoms with Crippen LogP contribution < -0.4 is 16.0 Å². The maximum absolute atomic E-state index is 10.9. The predicted octanol–water partition coefficient (Wildman–Crippen LogP) is 1.88. The first-order chi connectivity index (χ1) is 9.19. The quantitative estimate of drug-likeness (QED) is 0.497. The van der Waals surface area contributed by atoms with Gasteiger partial charge in [-0.05, 0) is 31.2 Å². The van der Waals surface area contributed by atoms with E-state index in [4.69, 9.17) is 10.6 Å². The number of amides is 1. The van der Waals surface area contributed by atoms with Gasteiger partial charge in [-0.25, -0.2) is 10.8 Å². The molecule has 1 heterocycles. The first-order valence-corrected chi connectivity index (χ1v) is 6.72. The molecule has 2 rings (SSSR count). The second kappa shape index (κ2) is 6.31. The zero-order valence-corrected chi connectivity index (χ0v) is 11.4. The number of carbonyl (C=O) groups excluding carboxylic acids is 1. The van der Waals surface area contributed by atoms with Gasteiger partial charge in [0.05, 0.1) is 13.0 Å². The molecule has 1 aromatic heterocycles. The smallest absolute Gasteiger partial charge is 0.237 e. The SMILES string of the molecule is Cc1csc(-c2ccc(OCCC(=O)NN)cc2)n1.